The molecule has 31 heavy (non-hydrogen) atoms. The minimum absolute atomic E-state index is 1.09. The van der Waals surface area contributed by atoms with Crippen molar-refractivity contribution < 1.29 is 0 Å². The fourth-order valence-corrected chi connectivity index (χ4v) is 7.71. The van der Waals surface area contributed by atoms with Gasteiger partial charge in [-0.3, -0.25) is 0 Å². The third kappa shape index (κ3) is 9.41. The topological polar surface area (TPSA) is 0 Å². The molecule has 0 aliphatic heterocycles. The molecule has 3 saturated carbocycles. The number of hydrogen-bond acceptors (Lipinski definition) is 0. The van der Waals surface area contributed by atoms with E-state index in [1.54, 1.807) is 96.3 Å². The summed E-state index contributed by atoms with van der Waals surface area (Å²) in [7, 11) is 0. The highest BCUT2D eigenvalue weighted by Gasteiger charge is 2.31. The van der Waals surface area contributed by atoms with E-state index in [0.717, 1.165) is 35.5 Å². The first kappa shape index (κ1) is 25.6. The largest absolute Gasteiger partial charge is 0.0654 e. The van der Waals surface area contributed by atoms with E-state index in [9.17, 15) is 0 Å². The van der Waals surface area contributed by atoms with E-state index in [1.165, 1.54) is 51.4 Å². The van der Waals surface area contributed by atoms with Gasteiger partial charge in [0.2, 0.25) is 0 Å². The number of unbranched alkanes of at least 4 members (excludes halogenated alkanes) is 5. The van der Waals surface area contributed by atoms with Gasteiger partial charge in [0.25, 0.3) is 0 Å². The van der Waals surface area contributed by atoms with Crippen LogP contribution in [0.25, 0.3) is 0 Å². The maximum atomic E-state index is 2.35. The molecule has 0 heteroatoms. The highest BCUT2D eigenvalue weighted by molar-refractivity contribution is 4.83. The maximum absolute atomic E-state index is 2.35. The minimum atomic E-state index is 1.09. The van der Waals surface area contributed by atoms with Gasteiger partial charge in [-0.1, -0.05) is 136 Å². The van der Waals surface area contributed by atoms with E-state index in [1.807, 2.05) is 0 Å². The summed E-state index contributed by atoms with van der Waals surface area (Å²) in [5, 5.41) is 0. The first-order valence-corrected chi connectivity index (χ1v) is 15.3. The Labute approximate surface area is 197 Å². The van der Waals surface area contributed by atoms with Crippen LogP contribution in [0.5, 0.6) is 0 Å². The van der Waals surface area contributed by atoms with Gasteiger partial charge in [0.15, 0.2) is 0 Å². The average molecular weight is 431 g/mol. The van der Waals surface area contributed by atoms with Gasteiger partial charge >= 0.3 is 0 Å². The van der Waals surface area contributed by atoms with Crippen LogP contribution in [0.3, 0.4) is 0 Å². The van der Waals surface area contributed by atoms with E-state index < -0.39 is 0 Å². The Morgan fingerprint density at radius 1 is 0.355 bits per heavy atom. The summed E-state index contributed by atoms with van der Waals surface area (Å²) in [5.41, 5.74) is 0. The summed E-state index contributed by atoms with van der Waals surface area (Å²) >= 11 is 0. The third-order valence-electron chi connectivity index (χ3n) is 10.1. The zero-order valence-electron chi connectivity index (χ0n) is 21.7. The van der Waals surface area contributed by atoms with Crippen LogP contribution in [-0.2, 0) is 0 Å². The molecule has 0 unspecified atom stereocenters. The van der Waals surface area contributed by atoms with Crippen molar-refractivity contribution in [3.8, 4) is 0 Å². The molecular formula is C31H58. The van der Waals surface area contributed by atoms with Gasteiger partial charge in [-0.15, -0.1) is 0 Å². The zero-order chi connectivity index (χ0) is 21.7. The lowest BCUT2D eigenvalue weighted by Crippen LogP contribution is -2.26. The summed E-state index contributed by atoms with van der Waals surface area (Å²) in [6.45, 7) is 4.68. The Kier molecular flexibility index (Phi) is 12.4. The molecule has 0 aromatic heterocycles. The molecule has 0 radical (unpaired) electrons. The lowest BCUT2D eigenvalue weighted by molar-refractivity contribution is 0.135. The predicted molar refractivity (Wildman–Crippen MR) is 138 cm³/mol. The highest BCUT2D eigenvalue weighted by atomic mass is 14.4. The second-order valence-electron chi connectivity index (χ2n) is 12.4. The van der Waals surface area contributed by atoms with Gasteiger partial charge in [0, 0.05) is 0 Å². The predicted octanol–water partition coefficient (Wildman–Crippen LogP) is 10.7. The zero-order valence-corrected chi connectivity index (χ0v) is 21.7. The molecule has 0 bridgehead atoms. The Morgan fingerprint density at radius 2 is 0.710 bits per heavy atom. The van der Waals surface area contributed by atoms with Crippen LogP contribution in [0.4, 0.5) is 0 Å². The van der Waals surface area contributed by atoms with Crippen LogP contribution in [0.1, 0.15) is 162 Å². The van der Waals surface area contributed by atoms with E-state index in [2.05, 4.69) is 13.8 Å². The van der Waals surface area contributed by atoms with Crippen molar-refractivity contribution in [2.75, 3.05) is 0 Å². The summed E-state index contributed by atoms with van der Waals surface area (Å²) in [6, 6.07) is 0. The van der Waals surface area contributed by atoms with Crippen LogP contribution >= 0.6 is 0 Å². The highest BCUT2D eigenvalue weighted by Crippen LogP contribution is 2.44. The van der Waals surface area contributed by atoms with Crippen molar-refractivity contribution >= 4 is 0 Å². The fourth-order valence-electron chi connectivity index (χ4n) is 7.71. The van der Waals surface area contributed by atoms with Crippen molar-refractivity contribution in [3.63, 3.8) is 0 Å². The standard InChI is InChI=1S/C31H58/c1-3-5-7-8-9-11-27-18-22-30(23-19-27)31-24-20-29(21-25-31)17-16-28-14-12-26(13-15-28)10-6-4-2/h26-31H,3-25H2,1-2H3. The molecule has 0 saturated heterocycles. The third-order valence-corrected chi connectivity index (χ3v) is 10.1. The average Bonchev–Trinajstić information content (AvgIpc) is 2.83. The first-order valence-electron chi connectivity index (χ1n) is 15.3. The molecule has 0 N–H and O–H groups in total. The molecule has 0 spiro atoms. The smallest absolute Gasteiger partial charge is 0.0386 e. The van der Waals surface area contributed by atoms with Gasteiger partial charge in [-0.2, -0.15) is 0 Å². The van der Waals surface area contributed by atoms with E-state index >= 15 is 0 Å². The molecule has 3 aliphatic rings. The van der Waals surface area contributed by atoms with Gasteiger partial charge < -0.3 is 0 Å². The van der Waals surface area contributed by atoms with Crippen molar-refractivity contribution in [2.24, 2.45) is 35.5 Å². The molecule has 0 aromatic carbocycles. The van der Waals surface area contributed by atoms with Gasteiger partial charge in [-0.25, -0.2) is 0 Å². The number of hydrogen-bond donors (Lipinski definition) is 0. The summed E-state index contributed by atoms with van der Waals surface area (Å²) in [6.07, 6.45) is 35.3. The Hall–Kier alpha value is 0. The maximum Gasteiger partial charge on any atom is -0.0386 e. The molecule has 3 rings (SSSR count). The quantitative estimate of drug-likeness (QED) is 0.255. The summed E-state index contributed by atoms with van der Waals surface area (Å²) in [4.78, 5) is 0. The molecule has 3 fully saturated rings. The molecule has 0 aromatic rings. The van der Waals surface area contributed by atoms with Crippen molar-refractivity contribution in [2.45, 2.75) is 162 Å². The SMILES string of the molecule is CCCCCCCC1CCC(C2CCC(CCC3CCC(CCCC)CC3)CC2)CC1. The van der Waals surface area contributed by atoms with E-state index in [4.69, 9.17) is 0 Å². The van der Waals surface area contributed by atoms with Gasteiger partial charge in [0.1, 0.15) is 0 Å². The molecule has 0 atom stereocenters. The Balaban J connectivity index is 1.21. The first-order chi connectivity index (χ1) is 15.3. The molecular weight excluding hydrogens is 372 g/mol. The Morgan fingerprint density at radius 3 is 1.16 bits per heavy atom. The normalized spacial score (nSPS) is 34.6. The lowest BCUT2D eigenvalue weighted by atomic mass is 9.68. The minimum Gasteiger partial charge on any atom is -0.0654 e. The monoisotopic (exact) mass is 430 g/mol. The molecule has 0 heterocycles. The summed E-state index contributed by atoms with van der Waals surface area (Å²) in [5.74, 6) is 6.57. The molecule has 0 nitrogen and oxygen atoms in total. The van der Waals surface area contributed by atoms with Gasteiger partial charge in [0.05, 0.1) is 0 Å². The van der Waals surface area contributed by atoms with E-state index in [-0.39, 0.29) is 0 Å². The van der Waals surface area contributed by atoms with Crippen molar-refractivity contribution in [3.05, 3.63) is 0 Å². The van der Waals surface area contributed by atoms with E-state index in [0.29, 0.717) is 0 Å². The molecule has 182 valence electrons. The van der Waals surface area contributed by atoms with Crippen LogP contribution in [0, 0.1) is 35.5 Å². The number of rotatable bonds is 13. The van der Waals surface area contributed by atoms with Crippen LogP contribution in [-0.4, -0.2) is 0 Å². The van der Waals surface area contributed by atoms with Crippen molar-refractivity contribution in [1.82, 2.24) is 0 Å². The van der Waals surface area contributed by atoms with Crippen LogP contribution in [0.15, 0.2) is 0 Å². The molecule has 0 amide bonds. The Bertz CT molecular complexity index is 415. The second kappa shape index (κ2) is 15.0. The summed E-state index contributed by atoms with van der Waals surface area (Å²) < 4.78 is 0. The fraction of sp³-hybridized carbons (Fsp3) is 1.00. The second-order valence-corrected chi connectivity index (χ2v) is 12.4. The van der Waals surface area contributed by atoms with Gasteiger partial charge in [-0.05, 0) is 61.2 Å². The molecule has 3 aliphatic carbocycles. The van der Waals surface area contributed by atoms with Crippen LogP contribution < -0.4 is 0 Å². The van der Waals surface area contributed by atoms with Crippen molar-refractivity contribution in [1.29, 1.82) is 0 Å². The lowest BCUT2D eigenvalue weighted by Gasteiger charge is -2.38. The van der Waals surface area contributed by atoms with Crippen LogP contribution in [0.2, 0.25) is 0 Å².